The number of alkyl halides is 3. The maximum atomic E-state index is 11.6. The van der Waals surface area contributed by atoms with Crippen molar-refractivity contribution in [2.24, 2.45) is 5.73 Å². The van der Waals surface area contributed by atoms with Gasteiger partial charge >= 0.3 is 18.1 Å². The highest BCUT2D eigenvalue weighted by molar-refractivity contribution is 7.80. The second kappa shape index (κ2) is 11.1. The first-order valence-electron chi connectivity index (χ1n) is 8.02. The number of carbonyl (C=O) groups is 3. The third-order valence-corrected chi connectivity index (χ3v) is 3.63. The smallest absolute Gasteiger partial charge is 0.478 e. The quantitative estimate of drug-likeness (QED) is 0.430. The zero-order valence-corrected chi connectivity index (χ0v) is 16.0. The van der Waals surface area contributed by atoms with Gasteiger partial charge in [0.15, 0.2) is 0 Å². The molecule has 162 valence electrons. The molecule has 0 saturated carbocycles. The normalized spacial score (nSPS) is 11.5. The third kappa shape index (κ3) is 8.41. The largest absolute Gasteiger partial charge is 0.490 e. The lowest BCUT2D eigenvalue weighted by atomic mass is 10.2. The summed E-state index contributed by atoms with van der Waals surface area (Å²) in [5.41, 5.74) is 6.36. The molecular weight excluding hydrogens is 429 g/mol. The molecule has 5 N–H and O–H groups in total. The predicted molar refractivity (Wildman–Crippen MR) is 104 cm³/mol. The third-order valence-electron chi connectivity index (χ3n) is 3.23. The molecule has 1 amide bonds. The van der Waals surface area contributed by atoms with Gasteiger partial charge in [0.25, 0.3) is 0 Å². The molecule has 0 aliphatic heterocycles. The summed E-state index contributed by atoms with van der Waals surface area (Å²) in [5, 5.41) is 18.6. The van der Waals surface area contributed by atoms with Gasteiger partial charge in [-0.05, 0) is 48.5 Å². The number of hydrogen-bond donors (Lipinski definition) is 5. The van der Waals surface area contributed by atoms with Crippen LogP contribution in [0.3, 0.4) is 0 Å². The molecule has 0 fully saturated rings. The number of ether oxygens (including phenoxy) is 1. The van der Waals surface area contributed by atoms with Crippen LogP contribution < -0.4 is 15.8 Å². The molecule has 8 nitrogen and oxygen atoms in total. The van der Waals surface area contributed by atoms with Crippen molar-refractivity contribution >= 4 is 36.2 Å². The van der Waals surface area contributed by atoms with Crippen LogP contribution in [0, 0.1) is 0 Å². The molecule has 2 aromatic rings. The van der Waals surface area contributed by atoms with Gasteiger partial charge in [-0.1, -0.05) is 0 Å². The highest BCUT2D eigenvalue weighted by Crippen LogP contribution is 2.23. The Balaban J connectivity index is 0.000000553. The van der Waals surface area contributed by atoms with Crippen LogP contribution in [0.5, 0.6) is 11.5 Å². The van der Waals surface area contributed by atoms with E-state index in [1.54, 1.807) is 36.4 Å². The molecule has 2 aromatic carbocycles. The SMILES string of the molecule is N[C@@H](CS)C(=O)Nc1ccc(Oc2ccc(C(=O)O)cc2)cc1.O=C(O)C(F)(F)F. The summed E-state index contributed by atoms with van der Waals surface area (Å²) in [4.78, 5) is 31.3. The van der Waals surface area contributed by atoms with Gasteiger partial charge in [0, 0.05) is 11.4 Å². The van der Waals surface area contributed by atoms with E-state index in [9.17, 15) is 22.8 Å². The van der Waals surface area contributed by atoms with E-state index in [4.69, 9.17) is 25.5 Å². The molecule has 0 heterocycles. The van der Waals surface area contributed by atoms with E-state index in [-0.39, 0.29) is 17.2 Å². The van der Waals surface area contributed by atoms with Crippen molar-refractivity contribution in [3.05, 3.63) is 54.1 Å². The number of halogens is 3. The minimum Gasteiger partial charge on any atom is -0.478 e. The van der Waals surface area contributed by atoms with E-state index in [1.165, 1.54) is 12.1 Å². The Hall–Kier alpha value is -3.25. The monoisotopic (exact) mass is 446 g/mol. The topological polar surface area (TPSA) is 139 Å². The lowest BCUT2D eigenvalue weighted by molar-refractivity contribution is -0.192. The Kier molecular flexibility index (Phi) is 9.15. The molecular formula is C18H17F3N2O6S. The maximum Gasteiger partial charge on any atom is 0.490 e. The average molecular weight is 446 g/mol. The fourth-order valence-electron chi connectivity index (χ4n) is 1.73. The molecule has 0 bridgehead atoms. The van der Waals surface area contributed by atoms with Crippen LogP contribution in [0.15, 0.2) is 48.5 Å². The number of aliphatic carboxylic acids is 1. The summed E-state index contributed by atoms with van der Waals surface area (Å²) in [6, 6.07) is 12.2. The highest BCUT2D eigenvalue weighted by Gasteiger charge is 2.38. The van der Waals surface area contributed by atoms with E-state index in [0.717, 1.165) is 0 Å². The summed E-state index contributed by atoms with van der Waals surface area (Å²) in [6.45, 7) is 0. The number of amides is 1. The molecule has 1 atom stereocenters. The van der Waals surface area contributed by atoms with Crippen LogP contribution in [-0.4, -0.2) is 46.0 Å². The molecule has 0 spiro atoms. The van der Waals surface area contributed by atoms with Gasteiger partial charge < -0.3 is 26.0 Å². The van der Waals surface area contributed by atoms with Crippen molar-refractivity contribution in [3.63, 3.8) is 0 Å². The number of nitrogens with two attached hydrogens (primary N) is 1. The van der Waals surface area contributed by atoms with Gasteiger partial charge in [0.2, 0.25) is 5.91 Å². The fraction of sp³-hybridized carbons (Fsp3) is 0.167. The van der Waals surface area contributed by atoms with Crippen LogP contribution in [-0.2, 0) is 9.59 Å². The lowest BCUT2D eigenvalue weighted by Gasteiger charge is -2.11. The lowest BCUT2D eigenvalue weighted by Crippen LogP contribution is -2.37. The minimum atomic E-state index is -5.08. The summed E-state index contributed by atoms with van der Waals surface area (Å²) in [5.74, 6) is -2.71. The second-order valence-electron chi connectivity index (χ2n) is 5.54. The van der Waals surface area contributed by atoms with Crippen molar-refractivity contribution in [2.75, 3.05) is 11.1 Å². The van der Waals surface area contributed by atoms with Gasteiger partial charge in [-0.15, -0.1) is 0 Å². The molecule has 0 aliphatic rings. The van der Waals surface area contributed by atoms with Gasteiger partial charge in [-0.25, -0.2) is 9.59 Å². The Bertz CT molecular complexity index is 873. The second-order valence-corrected chi connectivity index (χ2v) is 5.90. The molecule has 2 rings (SSSR count). The number of thiol groups is 1. The zero-order valence-electron chi connectivity index (χ0n) is 15.1. The number of carbonyl (C=O) groups excluding carboxylic acids is 1. The van der Waals surface area contributed by atoms with Crippen LogP contribution in [0.4, 0.5) is 18.9 Å². The standard InChI is InChI=1S/C16H16N2O4S.C2HF3O2/c17-14(9-23)15(19)18-11-3-7-13(8-4-11)22-12-5-1-10(2-6-12)16(20)21;3-2(4,5)1(6)7/h1-8,14,23H,9,17H2,(H,18,19)(H,20,21);(H,6,7)/t14-;/m0./s1. The highest BCUT2D eigenvalue weighted by atomic mass is 32.1. The molecule has 0 unspecified atom stereocenters. The minimum absolute atomic E-state index is 0.191. The summed E-state index contributed by atoms with van der Waals surface area (Å²) in [7, 11) is 0. The van der Waals surface area contributed by atoms with E-state index < -0.39 is 24.2 Å². The number of rotatable bonds is 6. The van der Waals surface area contributed by atoms with Crippen molar-refractivity contribution in [1.82, 2.24) is 0 Å². The Morgan fingerprint density at radius 1 is 1.00 bits per heavy atom. The van der Waals surface area contributed by atoms with Crippen molar-refractivity contribution < 1.29 is 42.5 Å². The van der Waals surface area contributed by atoms with Crippen LogP contribution in [0.25, 0.3) is 0 Å². The molecule has 30 heavy (non-hydrogen) atoms. The van der Waals surface area contributed by atoms with Gasteiger partial charge in [-0.3, -0.25) is 4.79 Å². The summed E-state index contributed by atoms with van der Waals surface area (Å²) >= 11 is 3.97. The number of hydrogen-bond acceptors (Lipinski definition) is 6. The van der Waals surface area contributed by atoms with Gasteiger partial charge in [0.1, 0.15) is 11.5 Å². The van der Waals surface area contributed by atoms with Crippen LogP contribution in [0.2, 0.25) is 0 Å². The van der Waals surface area contributed by atoms with E-state index in [2.05, 4.69) is 17.9 Å². The summed E-state index contributed by atoms with van der Waals surface area (Å²) in [6.07, 6.45) is -5.08. The molecule has 0 radical (unpaired) electrons. The molecule has 0 aliphatic carbocycles. The zero-order chi connectivity index (χ0) is 22.9. The Morgan fingerprint density at radius 3 is 1.80 bits per heavy atom. The average Bonchev–Trinajstić information content (AvgIpc) is 2.69. The number of carboxylic acids is 2. The van der Waals surface area contributed by atoms with Crippen molar-refractivity contribution in [1.29, 1.82) is 0 Å². The number of aromatic carboxylic acids is 1. The van der Waals surface area contributed by atoms with Crippen molar-refractivity contribution in [3.8, 4) is 11.5 Å². The maximum absolute atomic E-state index is 11.6. The first kappa shape index (κ1) is 24.8. The van der Waals surface area contributed by atoms with E-state index >= 15 is 0 Å². The molecule has 12 heteroatoms. The first-order valence-corrected chi connectivity index (χ1v) is 8.66. The number of benzene rings is 2. The molecule has 0 aromatic heterocycles. The van der Waals surface area contributed by atoms with Crippen LogP contribution >= 0.6 is 12.6 Å². The van der Waals surface area contributed by atoms with E-state index in [0.29, 0.717) is 17.2 Å². The van der Waals surface area contributed by atoms with E-state index in [1.807, 2.05) is 0 Å². The summed E-state index contributed by atoms with van der Waals surface area (Å²) < 4.78 is 37.3. The Labute approximate surface area is 173 Å². The first-order chi connectivity index (χ1) is 13.9. The molecule has 0 saturated heterocycles. The van der Waals surface area contributed by atoms with Gasteiger partial charge in [0.05, 0.1) is 11.6 Å². The number of nitrogens with one attached hydrogen (secondary N) is 1. The number of carboxylic acid groups (broad SMARTS) is 2. The van der Waals surface area contributed by atoms with Crippen molar-refractivity contribution in [2.45, 2.75) is 12.2 Å². The fourth-order valence-corrected chi connectivity index (χ4v) is 1.89. The Morgan fingerprint density at radius 2 is 1.43 bits per heavy atom. The van der Waals surface area contributed by atoms with Crippen LogP contribution in [0.1, 0.15) is 10.4 Å². The predicted octanol–water partition coefficient (Wildman–Crippen LogP) is 3.01. The van der Waals surface area contributed by atoms with Gasteiger partial charge in [-0.2, -0.15) is 25.8 Å². The number of anilines is 1.